The van der Waals surface area contributed by atoms with Gasteiger partial charge in [0.25, 0.3) is 0 Å². The highest BCUT2D eigenvalue weighted by molar-refractivity contribution is 5.86. The Bertz CT molecular complexity index is 637. The number of anilines is 1. The molecule has 0 spiro atoms. The second-order valence-electron chi connectivity index (χ2n) is 7.35. The summed E-state index contributed by atoms with van der Waals surface area (Å²) in [6, 6.07) is -0.0719. The van der Waals surface area contributed by atoms with E-state index in [-0.39, 0.29) is 18.0 Å². The lowest BCUT2D eigenvalue weighted by Gasteiger charge is -2.27. The smallest absolute Gasteiger partial charge is 0.330 e. The molecule has 7 heteroatoms. The Labute approximate surface area is 161 Å². The van der Waals surface area contributed by atoms with E-state index in [1.54, 1.807) is 12.4 Å². The Kier molecular flexibility index (Phi) is 8.23. The van der Waals surface area contributed by atoms with E-state index in [2.05, 4.69) is 39.2 Å². The maximum absolute atomic E-state index is 12.7. The van der Waals surface area contributed by atoms with E-state index in [1.165, 1.54) is 38.5 Å². The highest BCUT2D eigenvalue weighted by atomic mass is 16.5. The van der Waals surface area contributed by atoms with Gasteiger partial charge in [0.15, 0.2) is 0 Å². The van der Waals surface area contributed by atoms with Crippen LogP contribution in [0.1, 0.15) is 58.1 Å². The molecule has 1 saturated carbocycles. The van der Waals surface area contributed by atoms with Crippen LogP contribution in [0.2, 0.25) is 0 Å². The molecular weight excluding hydrogens is 344 g/mol. The molecule has 0 bridgehead atoms. The number of esters is 1. The van der Waals surface area contributed by atoms with Crippen LogP contribution in [0.5, 0.6) is 0 Å². The molecule has 2 rings (SSSR count). The minimum atomic E-state index is -0.449. The monoisotopic (exact) mass is 374 g/mol. The molecule has 1 amide bonds. The second kappa shape index (κ2) is 10.6. The zero-order valence-electron chi connectivity index (χ0n) is 16.4. The number of aromatic nitrogens is 2. The molecule has 1 aromatic rings. The van der Waals surface area contributed by atoms with Crippen molar-refractivity contribution in [1.29, 1.82) is 0 Å². The largest absolute Gasteiger partial charge is 0.466 e. The molecule has 0 saturated heterocycles. The van der Waals surface area contributed by atoms with Gasteiger partial charge in [-0.15, -0.1) is 0 Å². The van der Waals surface area contributed by atoms with E-state index in [0.29, 0.717) is 23.9 Å². The number of carbonyl (C=O) groups is 2. The van der Waals surface area contributed by atoms with Gasteiger partial charge in [-0.05, 0) is 31.3 Å². The highest BCUT2D eigenvalue weighted by Gasteiger charge is 2.23. The number of carbonyl (C=O) groups excluding carboxylic acids is 2. The molecular formula is C20H30N4O3. The van der Waals surface area contributed by atoms with Gasteiger partial charge in [0.2, 0.25) is 5.91 Å². The molecule has 7 nitrogen and oxygen atoms in total. The molecule has 0 radical (unpaired) electrons. The fourth-order valence-corrected chi connectivity index (χ4v) is 3.15. The fourth-order valence-electron chi connectivity index (χ4n) is 3.15. The van der Waals surface area contributed by atoms with E-state index in [9.17, 15) is 9.59 Å². The molecule has 1 heterocycles. The first-order chi connectivity index (χ1) is 13.0. The van der Waals surface area contributed by atoms with Gasteiger partial charge in [0.05, 0.1) is 25.2 Å². The summed E-state index contributed by atoms with van der Waals surface area (Å²) in [7, 11) is 1.32. The maximum atomic E-state index is 12.7. The molecule has 1 fully saturated rings. The number of rotatable bonds is 8. The molecule has 1 atom stereocenters. The standard InChI is InChI=1S/C20H30N4O3/c1-14(2)11-17(20(26)23-15-7-5-4-6-8-15)24-18-13-21-16(12-22-18)9-10-19(25)27-3/h9-10,12-15,17H,4-8,11H2,1-3H3,(H,22,24)(H,23,26)/b10-9+/t17-/m1/s1. The summed E-state index contributed by atoms with van der Waals surface area (Å²) in [5, 5.41) is 6.38. The van der Waals surface area contributed by atoms with Crippen LogP contribution in [-0.4, -0.2) is 41.0 Å². The lowest BCUT2D eigenvalue weighted by atomic mass is 9.94. The molecule has 1 aliphatic rings. The average Bonchev–Trinajstić information content (AvgIpc) is 2.67. The van der Waals surface area contributed by atoms with Crippen LogP contribution in [0, 0.1) is 5.92 Å². The third kappa shape index (κ3) is 7.37. The first-order valence-corrected chi connectivity index (χ1v) is 9.63. The number of ether oxygens (including phenoxy) is 1. The first-order valence-electron chi connectivity index (χ1n) is 9.63. The van der Waals surface area contributed by atoms with Crippen molar-refractivity contribution in [3.05, 3.63) is 24.2 Å². The third-order valence-corrected chi connectivity index (χ3v) is 4.56. The number of hydrogen-bond donors (Lipinski definition) is 2. The minimum Gasteiger partial charge on any atom is -0.466 e. The molecule has 0 aromatic carbocycles. The third-order valence-electron chi connectivity index (χ3n) is 4.56. The van der Waals surface area contributed by atoms with E-state index < -0.39 is 5.97 Å². The molecule has 2 N–H and O–H groups in total. The molecule has 27 heavy (non-hydrogen) atoms. The van der Waals surface area contributed by atoms with Crippen molar-refractivity contribution < 1.29 is 14.3 Å². The molecule has 1 aliphatic carbocycles. The summed E-state index contributed by atoms with van der Waals surface area (Å²) in [6.45, 7) is 4.18. The summed E-state index contributed by atoms with van der Waals surface area (Å²) in [6.07, 6.45) is 12.4. The summed E-state index contributed by atoms with van der Waals surface area (Å²) in [5.74, 6) is 0.479. The number of amides is 1. The number of hydrogen-bond acceptors (Lipinski definition) is 6. The van der Waals surface area contributed by atoms with Crippen molar-refractivity contribution in [3.63, 3.8) is 0 Å². The Morgan fingerprint density at radius 1 is 1.22 bits per heavy atom. The van der Waals surface area contributed by atoms with Crippen LogP contribution in [0.15, 0.2) is 18.5 Å². The summed E-state index contributed by atoms with van der Waals surface area (Å²) >= 11 is 0. The van der Waals surface area contributed by atoms with Crippen LogP contribution in [-0.2, 0) is 14.3 Å². The Hall–Kier alpha value is -2.44. The van der Waals surface area contributed by atoms with Crippen molar-refractivity contribution in [2.75, 3.05) is 12.4 Å². The number of methoxy groups -OCH3 is 1. The normalized spacial score (nSPS) is 16.3. The number of nitrogens with zero attached hydrogens (tertiary/aromatic N) is 2. The SMILES string of the molecule is COC(=O)/C=C/c1cnc(N[C@H](CC(C)C)C(=O)NC2CCCCC2)cn1. The van der Waals surface area contributed by atoms with E-state index >= 15 is 0 Å². The van der Waals surface area contributed by atoms with Gasteiger partial charge in [0, 0.05) is 12.1 Å². The van der Waals surface area contributed by atoms with Crippen molar-refractivity contribution in [1.82, 2.24) is 15.3 Å². The second-order valence-corrected chi connectivity index (χ2v) is 7.35. The van der Waals surface area contributed by atoms with Gasteiger partial charge in [-0.25, -0.2) is 9.78 Å². The summed E-state index contributed by atoms with van der Waals surface area (Å²) in [5.41, 5.74) is 0.540. The van der Waals surface area contributed by atoms with Gasteiger partial charge in [-0.3, -0.25) is 9.78 Å². The zero-order valence-corrected chi connectivity index (χ0v) is 16.4. The lowest BCUT2D eigenvalue weighted by molar-refractivity contribution is -0.134. The van der Waals surface area contributed by atoms with E-state index in [0.717, 1.165) is 12.8 Å². The summed E-state index contributed by atoms with van der Waals surface area (Å²) in [4.78, 5) is 32.4. The predicted molar refractivity (Wildman–Crippen MR) is 105 cm³/mol. The lowest BCUT2D eigenvalue weighted by Crippen LogP contribution is -2.46. The maximum Gasteiger partial charge on any atom is 0.330 e. The van der Waals surface area contributed by atoms with Crippen LogP contribution >= 0.6 is 0 Å². The van der Waals surface area contributed by atoms with Gasteiger partial charge in [-0.2, -0.15) is 0 Å². The van der Waals surface area contributed by atoms with E-state index in [4.69, 9.17) is 0 Å². The Morgan fingerprint density at radius 2 is 1.96 bits per heavy atom. The van der Waals surface area contributed by atoms with Crippen LogP contribution in [0.3, 0.4) is 0 Å². The minimum absolute atomic E-state index is 0.0204. The molecule has 148 valence electrons. The highest BCUT2D eigenvalue weighted by Crippen LogP contribution is 2.18. The topological polar surface area (TPSA) is 93.2 Å². The number of nitrogens with one attached hydrogen (secondary N) is 2. The predicted octanol–water partition coefficient (Wildman–Crippen LogP) is 2.94. The molecule has 0 aliphatic heterocycles. The zero-order chi connectivity index (χ0) is 19.6. The van der Waals surface area contributed by atoms with Crippen LogP contribution in [0.25, 0.3) is 6.08 Å². The Morgan fingerprint density at radius 3 is 2.56 bits per heavy atom. The van der Waals surface area contributed by atoms with Gasteiger partial charge in [0.1, 0.15) is 11.9 Å². The van der Waals surface area contributed by atoms with Gasteiger partial charge < -0.3 is 15.4 Å². The fraction of sp³-hybridized carbons (Fsp3) is 0.600. The van der Waals surface area contributed by atoms with Crippen molar-refractivity contribution in [2.45, 2.75) is 64.5 Å². The molecule has 1 aromatic heterocycles. The van der Waals surface area contributed by atoms with E-state index in [1.807, 2.05) is 0 Å². The quantitative estimate of drug-likeness (QED) is 0.537. The summed E-state index contributed by atoms with van der Waals surface area (Å²) < 4.78 is 4.54. The van der Waals surface area contributed by atoms with Crippen LogP contribution in [0.4, 0.5) is 5.82 Å². The first kappa shape index (κ1) is 20.9. The average molecular weight is 374 g/mol. The van der Waals surface area contributed by atoms with Crippen molar-refractivity contribution in [3.8, 4) is 0 Å². The molecule has 0 unspecified atom stereocenters. The van der Waals surface area contributed by atoms with Crippen molar-refractivity contribution in [2.24, 2.45) is 5.92 Å². The van der Waals surface area contributed by atoms with Gasteiger partial charge >= 0.3 is 5.97 Å². The van der Waals surface area contributed by atoms with Crippen LogP contribution < -0.4 is 10.6 Å². The van der Waals surface area contributed by atoms with Gasteiger partial charge in [-0.1, -0.05) is 33.1 Å². The Balaban J connectivity index is 1.98. The van der Waals surface area contributed by atoms with Crippen molar-refractivity contribution >= 4 is 23.8 Å².